The van der Waals surface area contributed by atoms with Gasteiger partial charge >= 0.3 is 0 Å². The van der Waals surface area contributed by atoms with Gasteiger partial charge in [-0.05, 0) is 55.7 Å². The van der Waals surface area contributed by atoms with E-state index in [1.54, 1.807) is 19.6 Å². The molecule has 1 amide bonds. The van der Waals surface area contributed by atoms with E-state index in [2.05, 4.69) is 17.2 Å². The van der Waals surface area contributed by atoms with Gasteiger partial charge in [0.1, 0.15) is 6.61 Å². The Labute approximate surface area is 167 Å². The summed E-state index contributed by atoms with van der Waals surface area (Å²) in [6, 6.07) is 6.24. The summed E-state index contributed by atoms with van der Waals surface area (Å²) in [7, 11) is 1.64. The van der Waals surface area contributed by atoms with Crippen LogP contribution < -0.4 is 14.8 Å². The minimum atomic E-state index is 0.138. The molecule has 0 spiro atoms. The van der Waals surface area contributed by atoms with E-state index in [4.69, 9.17) is 9.47 Å². The third kappa shape index (κ3) is 6.01. The molecule has 0 radical (unpaired) electrons. The summed E-state index contributed by atoms with van der Waals surface area (Å²) < 4.78 is 13.3. The number of nitrogens with zero attached hydrogens (tertiary/aromatic N) is 2. The third-order valence-electron chi connectivity index (χ3n) is 5.42. The number of carbonyl (C=O) groups is 1. The quantitative estimate of drug-likeness (QED) is 0.716. The first-order valence-corrected chi connectivity index (χ1v) is 10.2. The molecular formula is C22H31N3O3. The fourth-order valence-corrected chi connectivity index (χ4v) is 3.63. The standard InChI is InChI=1S/C22H31N3O3/c1-17-3-7-19(8-4-17)24-22(26)10-6-18-5-9-20(21(15-18)27-2)28-14-13-25-12-11-23-16-25/h5,9,11-12,15-17,19H,3-4,6-8,10,13-14H2,1-2H3,(H,24,26). The Morgan fingerprint density at radius 3 is 2.79 bits per heavy atom. The first-order chi connectivity index (χ1) is 13.6. The minimum absolute atomic E-state index is 0.138. The van der Waals surface area contributed by atoms with Gasteiger partial charge in [0.2, 0.25) is 5.91 Å². The maximum atomic E-state index is 12.3. The number of hydrogen-bond acceptors (Lipinski definition) is 4. The van der Waals surface area contributed by atoms with Gasteiger partial charge in [-0.15, -0.1) is 0 Å². The summed E-state index contributed by atoms with van der Waals surface area (Å²) in [5.41, 5.74) is 1.08. The molecule has 6 nitrogen and oxygen atoms in total. The van der Waals surface area contributed by atoms with E-state index in [0.29, 0.717) is 37.0 Å². The summed E-state index contributed by atoms with van der Waals surface area (Å²) in [4.78, 5) is 16.3. The maximum Gasteiger partial charge on any atom is 0.220 e. The van der Waals surface area contributed by atoms with Crippen molar-refractivity contribution in [2.24, 2.45) is 5.92 Å². The predicted octanol–water partition coefficient (Wildman–Crippen LogP) is 3.60. The number of aromatic nitrogens is 2. The lowest BCUT2D eigenvalue weighted by Crippen LogP contribution is -2.37. The van der Waals surface area contributed by atoms with Gasteiger partial charge in [-0.1, -0.05) is 13.0 Å². The van der Waals surface area contributed by atoms with E-state index in [-0.39, 0.29) is 5.91 Å². The van der Waals surface area contributed by atoms with Crippen LogP contribution in [0.5, 0.6) is 11.5 Å². The molecule has 3 rings (SSSR count). The van der Waals surface area contributed by atoms with Crippen molar-refractivity contribution in [3.63, 3.8) is 0 Å². The Kier molecular flexibility index (Phi) is 7.34. The first kappa shape index (κ1) is 20.2. The number of amides is 1. The van der Waals surface area contributed by atoms with Crippen molar-refractivity contribution in [2.75, 3.05) is 13.7 Å². The molecule has 1 aromatic carbocycles. The van der Waals surface area contributed by atoms with Crippen molar-refractivity contribution in [3.05, 3.63) is 42.5 Å². The predicted molar refractivity (Wildman–Crippen MR) is 109 cm³/mol. The Bertz CT molecular complexity index is 737. The Balaban J connectivity index is 1.45. The zero-order valence-corrected chi connectivity index (χ0v) is 16.9. The highest BCUT2D eigenvalue weighted by atomic mass is 16.5. The fraction of sp³-hybridized carbons (Fsp3) is 0.545. The lowest BCUT2D eigenvalue weighted by molar-refractivity contribution is -0.122. The molecule has 0 bridgehead atoms. The largest absolute Gasteiger partial charge is 0.493 e. The molecule has 1 aromatic heterocycles. The monoisotopic (exact) mass is 385 g/mol. The van der Waals surface area contributed by atoms with E-state index < -0.39 is 0 Å². The highest BCUT2D eigenvalue weighted by Gasteiger charge is 2.19. The van der Waals surface area contributed by atoms with Gasteiger partial charge < -0.3 is 19.4 Å². The molecule has 1 fully saturated rings. The van der Waals surface area contributed by atoms with Crippen LogP contribution in [0.2, 0.25) is 0 Å². The molecule has 1 heterocycles. The van der Waals surface area contributed by atoms with Crippen LogP contribution >= 0.6 is 0 Å². The van der Waals surface area contributed by atoms with Crippen LogP contribution in [0, 0.1) is 5.92 Å². The van der Waals surface area contributed by atoms with Gasteiger partial charge in [-0.2, -0.15) is 0 Å². The van der Waals surface area contributed by atoms with E-state index in [1.807, 2.05) is 29.0 Å². The van der Waals surface area contributed by atoms with Gasteiger partial charge in [0.05, 0.1) is 20.0 Å². The van der Waals surface area contributed by atoms with Crippen molar-refractivity contribution in [1.82, 2.24) is 14.9 Å². The fourth-order valence-electron chi connectivity index (χ4n) is 3.63. The van der Waals surface area contributed by atoms with Crippen LogP contribution in [-0.2, 0) is 17.8 Å². The number of nitrogens with one attached hydrogen (secondary N) is 1. The number of hydrogen-bond donors (Lipinski definition) is 1. The van der Waals surface area contributed by atoms with Gasteiger partial charge in [0, 0.05) is 24.9 Å². The highest BCUT2D eigenvalue weighted by molar-refractivity contribution is 5.76. The van der Waals surface area contributed by atoms with Crippen molar-refractivity contribution < 1.29 is 14.3 Å². The smallest absolute Gasteiger partial charge is 0.220 e. The summed E-state index contributed by atoms with van der Waals surface area (Å²) >= 11 is 0. The Hall–Kier alpha value is -2.50. The molecule has 152 valence electrons. The summed E-state index contributed by atoms with van der Waals surface area (Å²) in [6.45, 7) is 3.55. The summed E-state index contributed by atoms with van der Waals surface area (Å²) in [6.07, 6.45) is 11.2. The minimum Gasteiger partial charge on any atom is -0.493 e. The van der Waals surface area contributed by atoms with E-state index in [1.165, 1.54) is 12.8 Å². The molecule has 0 atom stereocenters. The van der Waals surface area contributed by atoms with Crippen LogP contribution in [0.3, 0.4) is 0 Å². The number of benzene rings is 1. The van der Waals surface area contributed by atoms with Gasteiger partial charge in [-0.25, -0.2) is 4.98 Å². The summed E-state index contributed by atoms with van der Waals surface area (Å²) in [5.74, 6) is 2.34. The highest BCUT2D eigenvalue weighted by Crippen LogP contribution is 2.29. The molecule has 1 aliphatic carbocycles. The molecule has 0 saturated heterocycles. The average molecular weight is 386 g/mol. The van der Waals surface area contributed by atoms with Crippen molar-refractivity contribution in [3.8, 4) is 11.5 Å². The van der Waals surface area contributed by atoms with Crippen LogP contribution in [0.25, 0.3) is 0 Å². The van der Waals surface area contributed by atoms with Gasteiger partial charge in [-0.3, -0.25) is 4.79 Å². The van der Waals surface area contributed by atoms with Gasteiger partial charge in [0.15, 0.2) is 11.5 Å². The number of rotatable bonds is 9. The second-order valence-corrected chi connectivity index (χ2v) is 7.66. The third-order valence-corrected chi connectivity index (χ3v) is 5.42. The topological polar surface area (TPSA) is 65.4 Å². The second kappa shape index (κ2) is 10.2. The molecule has 28 heavy (non-hydrogen) atoms. The molecule has 6 heteroatoms. The van der Waals surface area contributed by atoms with E-state index >= 15 is 0 Å². The number of ether oxygens (including phenoxy) is 2. The zero-order chi connectivity index (χ0) is 19.8. The molecule has 1 saturated carbocycles. The maximum absolute atomic E-state index is 12.3. The first-order valence-electron chi connectivity index (χ1n) is 10.2. The lowest BCUT2D eigenvalue weighted by Gasteiger charge is -2.26. The molecular weight excluding hydrogens is 354 g/mol. The Morgan fingerprint density at radius 1 is 1.25 bits per heavy atom. The van der Waals surface area contributed by atoms with Crippen LogP contribution in [0.15, 0.2) is 36.9 Å². The second-order valence-electron chi connectivity index (χ2n) is 7.66. The van der Waals surface area contributed by atoms with E-state index in [9.17, 15) is 4.79 Å². The summed E-state index contributed by atoms with van der Waals surface area (Å²) in [5, 5.41) is 3.19. The van der Waals surface area contributed by atoms with Crippen molar-refractivity contribution in [1.29, 1.82) is 0 Å². The molecule has 1 aliphatic rings. The van der Waals surface area contributed by atoms with Crippen LogP contribution in [0.4, 0.5) is 0 Å². The van der Waals surface area contributed by atoms with Crippen LogP contribution in [-0.4, -0.2) is 35.2 Å². The normalized spacial score (nSPS) is 19.2. The molecule has 0 unspecified atom stereocenters. The number of carbonyl (C=O) groups excluding carboxylic acids is 1. The number of methoxy groups -OCH3 is 1. The number of imidazole rings is 1. The number of aryl methyl sites for hydroxylation is 1. The SMILES string of the molecule is COc1cc(CCC(=O)NC2CCC(C)CC2)ccc1OCCn1ccnc1. The average Bonchev–Trinajstić information content (AvgIpc) is 3.22. The van der Waals surface area contributed by atoms with Gasteiger partial charge in [0.25, 0.3) is 0 Å². The van der Waals surface area contributed by atoms with E-state index in [0.717, 1.165) is 30.9 Å². The van der Waals surface area contributed by atoms with Crippen molar-refractivity contribution >= 4 is 5.91 Å². The van der Waals surface area contributed by atoms with Crippen molar-refractivity contribution in [2.45, 2.75) is 58.0 Å². The molecule has 1 N–H and O–H groups in total. The zero-order valence-electron chi connectivity index (χ0n) is 16.9. The lowest BCUT2D eigenvalue weighted by atomic mass is 9.87. The molecule has 0 aliphatic heterocycles. The molecule has 2 aromatic rings. The Morgan fingerprint density at radius 2 is 2.07 bits per heavy atom. The van der Waals surface area contributed by atoms with Crippen LogP contribution in [0.1, 0.15) is 44.6 Å².